The molecule has 0 unspecified atom stereocenters. The summed E-state index contributed by atoms with van der Waals surface area (Å²) in [5.41, 5.74) is 6.82. The van der Waals surface area contributed by atoms with E-state index in [1.807, 2.05) is 68.4 Å². The van der Waals surface area contributed by atoms with Gasteiger partial charge in [-0.3, -0.25) is 0 Å². The van der Waals surface area contributed by atoms with Gasteiger partial charge in [-0.05, 0) is 5.54 Å². The molecule has 2 aromatic rings. The van der Waals surface area contributed by atoms with Gasteiger partial charge in [0, 0.05) is 0 Å². The first-order valence-corrected chi connectivity index (χ1v) is 4.78. The van der Waals surface area contributed by atoms with Crippen molar-refractivity contribution in [3.63, 3.8) is 0 Å². The Morgan fingerprint density at radius 1 is 1.00 bits per heavy atom. The Bertz CT molecular complexity index is 297. The van der Waals surface area contributed by atoms with Crippen molar-refractivity contribution in [2.75, 3.05) is 0 Å². The molecule has 0 heterocycles. The van der Waals surface area contributed by atoms with Crippen LogP contribution in [0.3, 0.4) is 0 Å². The molecule has 2 heteroatoms. The van der Waals surface area contributed by atoms with Crippen LogP contribution in [-0.2, 0) is 22.6 Å². The average Bonchev–Trinajstić information content (AvgIpc) is 2.80. The zero-order chi connectivity index (χ0) is 10.4. The molecular formula is C13H17FeN. The Labute approximate surface area is 103 Å². The molecule has 0 aliphatic carbocycles. The maximum absolute atomic E-state index is 5.80. The van der Waals surface area contributed by atoms with Crippen molar-refractivity contribution in [2.45, 2.75) is 19.4 Å². The molecule has 0 saturated carbocycles. The molecule has 2 aromatic carbocycles. The molecule has 0 aliphatic heterocycles. The zero-order valence-electron chi connectivity index (χ0n) is 9.13. The summed E-state index contributed by atoms with van der Waals surface area (Å²) in [4.78, 5) is 0. The second kappa shape index (κ2) is 6.62. The third-order valence-electron chi connectivity index (χ3n) is 1.96. The first-order valence-electron chi connectivity index (χ1n) is 4.78. The van der Waals surface area contributed by atoms with Gasteiger partial charge in [-0.15, -0.1) is 5.56 Å². The van der Waals surface area contributed by atoms with Crippen LogP contribution in [0, 0.1) is 0 Å². The van der Waals surface area contributed by atoms with E-state index in [9.17, 15) is 0 Å². The summed E-state index contributed by atoms with van der Waals surface area (Å²) >= 11 is 0. The first-order chi connectivity index (χ1) is 6.61. The smallest absolute Gasteiger partial charge is 0.332 e. The van der Waals surface area contributed by atoms with E-state index in [-0.39, 0.29) is 22.6 Å². The van der Waals surface area contributed by atoms with E-state index >= 15 is 0 Å². The normalized spacial score (nSPS) is 9.80. The monoisotopic (exact) mass is 243 g/mol. The molecule has 0 atom stereocenters. The summed E-state index contributed by atoms with van der Waals surface area (Å²) in [6.45, 7) is 4.00. The molecule has 0 spiro atoms. The van der Waals surface area contributed by atoms with Crippen molar-refractivity contribution in [3.8, 4) is 0 Å². The van der Waals surface area contributed by atoms with Gasteiger partial charge in [-0.2, -0.15) is 30.3 Å². The molecule has 0 aliphatic rings. The fourth-order valence-electron chi connectivity index (χ4n) is 1.12. The Morgan fingerprint density at radius 2 is 1.47 bits per heavy atom. The molecule has 0 saturated heterocycles. The Kier molecular flexibility index (Phi) is 6.26. The summed E-state index contributed by atoms with van der Waals surface area (Å²) in [6, 6.07) is 18.1. The second-order valence-corrected chi connectivity index (χ2v) is 3.86. The van der Waals surface area contributed by atoms with Crippen molar-refractivity contribution >= 4 is 0 Å². The van der Waals surface area contributed by atoms with E-state index in [0.717, 1.165) is 0 Å². The quantitative estimate of drug-likeness (QED) is 0.604. The molecule has 15 heavy (non-hydrogen) atoms. The Balaban J connectivity index is 0.000000280. The van der Waals surface area contributed by atoms with Crippen molar-refractivity contribution in [1.29, 1.82) is 0 Å². The van der Waals surface area contributed by atoms with Crippen LogP contribution in [0.15, 0.2) is 54.6 Å². The van der Waals surface area contributed by atoms with Gasteiger partial charge in [0.05, 0.1) is 0 Å². The van der Waals surface area contributed by atoms with Crippen LogP contribution in [-0.4, -0.2) is 0 Å². The predicted octanol–water partition coefficient (Wildman–Crippen LogP) is 3.00. The standard InChI is InChI=1S/C8H12N.C5H5.Fe/c1-8(2,9)7-5-3-4-6-7;1-2-4-5-3-1;/h3-6H,9H2,1-2H3;1-5H;/q2*-1;+2. The van der Waals surface area contributed by atoms with E-state index < -0.39 is 0 Å². The average molecular weight is 243 g/mol. The largest absolute Gasteiger partial charge is 2.00 e. The van der Waals surface area contributed by atoms with Gasteiger partial charge in [-0.1, -0.05) is 13.8 Å². The Morgan fingerprint density at radius 3 is 1.67 bits per heavy atom. The number of hydrogen-bond donors (Lipinski definition) is 1. The first kappa shape index (κ1) is 14.2. The predicted molar refractivity (Wildman–Crippen MR) is 61.3 cm³/mol. The molecule has 1 nitrogen and oxygen atoms in total. The van der Waals surface area contributed by atoms with Crippen LogP contribution in [0.2, 0.25) is 0 Å². The second-order valence-electron chi connectivity index (χ2n) is 3.86. The van der Waals surface area contributed by atoms with Crippen molar-refractivity contribution in [2.24, 2.45) is 5.73 Å². The minimum absolute atomic E-state index is 0. The summed E-state index contributed by atoms with van der Waals surface area (Å²) in [7, 11) is 0. The van der Waals surface area contributed by atoms with Gasteiger partial charge in [-0.25, -0.2) is 24.3 Å². The fraction of sp³-hybridized carbons (Fsp3) is 0.231. The molecule has 0 aromatic heterocycles. The van der Waals surface area contributed by atoms with Crippen LogP contribution in [0.25, 0.3) is 0 Å². The van der Waals surface area contributed by atoms with Crippen LogP contribution in [0.4, 0.5) is 0 Å². The minimum atomic E-state index is -0.177. The maximum atomic E-state index is 5.80. The summed E-state index contributed by atoms with van der Waals surface area (Å²) in [6.07, 6.45) is 0. The van der Waals surface area contributed by atoms with E-state index in [0.29, 0.717) is 0 Å². The van der Waals surface area contributed by atoms with Crippen LogP contribution in [0.5, 0.6) is 0 Å². The van der Waals surface area contributed by atoms with E-state index in [1.165, 1.54) is 5.56 Å². The number of hydrogen-bond acceptors (Lipinski definition) is 1. The summed E-state index contributed by atoms with van der Waals surface area (Å²) in [5, 5.41) is 0. The van der Waals surface area contributed by atoms with Gasteiger partial charge in [0.2, 0.25) is 0 Å². The summed E-state index contributed by atoms with van der Waals surface area (Å²) < 4.78 is 0. The number of rotatable bonds is 1. The van der Waals surface area contributed by atoms with E-state index in [2.05, 4.69) is 0 Å². The van der Waals surface area contributed by atoms with Crippen molar-refractivity contribution in [1.82, 2.24) is 0 Å². The van der Waals surface area contributed by atoms with Crippen molar-refractivity contribution in [3.05, 3.63) is 60.2 Å². The SMILES string of the molecule is CC(C)(N)[c-]1cccc1.[Fe+2].c1cc[cH-]c1. The van der Waals surface area contributed by atoms with E-state index in [1.54, 1.807) is 0 Å². The minimum Gasteiger partial charge on any atom is -0.332 e. The molecule has 2 N–H and O–H groups in total. The molecular weight excluding hydrogens is 226 g/mol. The number of nitrogens with two attached hydrogens (primary N) is 1. The van der Waals surface area contributed by atoms with Crippen LogP contribution < -0.4 is 5.73 Å². The maximum Gasteiger partial charge on any atom is 2.00 e. The van der Waals surface area contributed by atoms with Gasteiger partial charge >= 0.3 is 17.1 Å². The molecule has 0 amide bonds. The molecule has 0 radical (unpaired) electrons. The zero-order valence-corrected chi connectivity index (χ0v) is 10.2. The third kappa shape index (κ3) is 5.58. The van der Waals surface area contributed by atoms with Gasteiger partial charge in [0.25, 0.3) is 0 Å². The fourth-order valence-corrected chi connectivity index (χ4v) is 1.12. The van der Waals surface area contributed by atoms with Gasteiger partial charge in [0.15, 0.2) is 0 Å². The summed E-state index contributed by atoms with van der Waals surface area (Å²) in [5.74, 6) is 0. The molecule has 0 fully saturated rings. The van der Waals surface area contributed by atoms with E-state index in [4.69, 9.17) is 5.73 Å². The molecule has 82 valence electrons. The molecule has 2 rings (SSSR count). The van der Waals surface area contributed by atoms with Crippen LogP contribution in [0.1, 0.15) is 19.4 Å². The van der Waals surface area contributed by atoms with Gasteiger partial charge < -0.3 is 5.73 Å². The van der Waals surface area contributed by atoms with Gasteiger partial charge in [0.1, 0.15) is 0 Å². The Hall–Kier alpha value is -0.821. The van der Waals surface area contributed by atoms with Crippen molar-refractivity contribution < 1.29 is 17.1 Å². The van der Waals surface area contributed by atoms with Crippen LogP contribution >= 0.6 is 0 Å². The topological polar surface area (TPSA) is 26.0 Å². The molecule has 0 bridgehead atoms. The third-order valence-corrected chi connectivity index (χ3v) is 1.96.